The normalized spacial score (nSPS) is 22.4. The molecule has 0 saturated carbocycles. The summed E-state index contributed by atoms with van der Waals surface area (Å²) in [4.78, 5) is 25.5. The first-order chi connectivity index (χ1) is 11.0. The van der Waals surface area contributed by atoms with Crippen molar-refractivity contribution in [2.45, 2.75) is 44.9 Å². The maximum absolute atomic E-state index is 12.3. The van der Waals surface area contributed by atoms with Gasteiger partial charge in [0.05, 0.1) is 0 Å². The first-order valence-corrected chi connectivity index (χ1v) is 8.05. The van der Waals surface area contributed by atoms with E-state index in [1.165, 1.54) is 4.90 Å². The second kappa shape index (κ2) is 7.97. The lowest BCUT2D eigenvalue weighted by atomic mass is 9.84. The van der Waals surface area contributed by atoms with Gasteiger partial charge in [-0.05, 0) is 30.7 Å². The summed E-state index contributed by atoms with van der Waals surface area (Å²) in [6.07, 6.45) is 1.61. The molecule has 0 aliphatic carbocycles. The predicted octanol–water partition coefficient (Wildman–Crippen LogP) is 1.63. The third-order valence-electron chi connectivity index (χ3n) is 4.49. The smallest absolute Gasteiger partial charge is 0.410 e. The van der Waals surface area contributed by atoms with Crippen molar-refractivity contribution in [3.63, 3.8) is 0 Å². The van der Waals surface area contributed by atoms with E-state index in [9.17, 15) is 9.59 Å². The van der Waals surface area contributed by atoms with E-state index in [2.05, 4.69) is 0 Å². The van der Waals surface area contributed by atoms with Gasteiger partial charge in [0.15, 0.2) is 0 Å². The molecule has 0 spiro atoms. The summed E-state index contributed by atoms with van der Waals surface area (Å²) in [7, 11) is 0. The highest BCUT2D eigenvalue weighted by atomic mass is 16.6. The summed E-state index contributed by atoms with van der Waals surface area (Å²) in [5.41, 5.74) is 12.5. The van der Waals surface area contributed by atoms with Crippen LogP contribution in [0.4, 0.5) is 4.79 Å². The van der Waals surface area contributed by atoms with Crippen molar-refractivity contribution < 1.29 is 14.3 Å². The average molecular weight is 319 g/mol. The lowest BCUT2D eigenvalue weighted by molar-refractivity contribution is -0.124. The summed E-state index contributed by atoms with van der Waals surface area (Å²) in [5.74, 6) is -0.301. The van der Waals surface area contributed by atoms with Crippen LogP contribution in [0.15, 0.2) is 30.3 Å². The average Bonchev–Trinajstić information content (AvgIpc) is 2.59. The molecular formula is C17H25N3O3. The molecule has 0 bridgehead atoms. The van der Waals surface area contributed by atoms with Crippen molar-refractivity contribution in [3.05, 3.63) is 35.9 Å². The van der Waals surface area contributed by atoms with Crippen LogP contribution < -0.4 is 11.5 Å². The molecule has 2 rings (SSSR count). The Bertz CT molecular complexity index is 535. The van der Waals surface area contributed by atoms with Gasteiger partial charge in [-0.25, -0.2) is 4.79 Å². The molecule has 3 unspecified atom stereocenters. The number of primary amides is 1. The SMILES string of the molecule is CCC(N)C1CCN(C(=O)OCc2ccccc2)C(C(N)=O)C1. The lowest BCUT2D eigenvalue weighted by Gasteiger charge is -2.38. The highest BCUT2D eigenvalue weighted by Gasteiger charge is 2.37. The highest BCUT2D eigenvalue weighted by Crippen LogP contribution is 2.26. The molecule has 23 heavy (non-hydrogen) atoms. The first kappa shape index (κ1) is 17.3. The zero-order valence-corrected chi connectivity index (χ0v) is 13.5. The van der Waals surface area contributed by atoms with E-state index in [1.54, 1.807) is 0 Å². The molecule has 0 radical (unpaired) electrons. The fourth-order valence-corrected chi connectivity index (χ4v) is 3.01. The Labute approximate surface area is 136 Å². The van der Waals surface area contributed by atoms with E-state index in [0.717, 1.165) is 18.4 Å². The van der Waals surface area contributed by atoms with Crippen LogP contribution in [-0.2, 0) is 16.1 Å². The van der Waals surface area contributed by atoms with Gasteiger partial charge in [0, 0.05) is 12.6 Å². The topological polar surface area (TPSA) is 98.7 Å². The van der Waals surface area contributed by atoms with Crippen LogP contribution in [0.25, 0.3) is 0 Å². The molecule has 6 heteroatoms. The summed E-state index contributed by atoms with van der Waals surface area (Å²) in [5, 5.41) is 0. The number of piperidine rings is 1. The Hall–Kier alpha value is -2.08. The highest BCUT2D eigenvalue weighted by molar-refractivity contribution is 5.84. The van der Waals surface area contributed by atoms with E-state index in [4.69, 9.17) is 16.2 Å². The molecule has 1 aliphatic heterocycles. The molecule has 1 aromatic carbocycles. The largest absolute Gasteiger partial charge is 0.445 e. The van der Waals surface area contributed by atoms with Crippen LogP contribution in [-0.4, -0.2) is 35.5 Å². The molecule has 0 aromatic heterocycles. The van der Waals surface area contributed by atoms with Crippen molar-refractivity contribution in [1.29, 1.82) is 0 Å². The van der Waals surface area contributed by atoms with Crippen LogP contribution >= 0.6 is 0 Å². The molecule has 1 heterocycles. The molecule has 2 amide bonds. The van der Waals surface area contributed by atoms with E-state index in [0.29, 0.717) is 13.0 Å². The van der Waals surface area contributed by atoms with E-state index >= 15 is 0 Å². The first-order valence-electron chi connectivity index (χ1n) is 8.05. The zero-order chi connectivity index (χ0) is 16.8. The predicted molar refractivity (Wildman–Crippen MR) is 87.3 cm³/mol. The Morgan fingerprint density at radius 3 is 2.65 bits per heavy atom. The molecular weight excluding hydrogens is 294 g/mol. The number of likely N-dealkylation sites (tertiary alicyclic amines) is 1. The number of carbonyl (C=O) groups excluding carboxylic acids is 2. The number of nitrogens with two attached hydrogens (primary N) is 2. The maximum atomic E-state index is 12.3. The molecule has 4 N–H and O–H groups in total. The fourth-order valence-electron chi connectivity index (χ4n) is 3.01. The van der Waals surface area contributed by atoms with Crippen LogP contribution in [0.1, 0.15) is 31.7 Å². The summed E-state index contributed by atoms with van der Waals surface area (Å²) in [6.45, 7) is 2.64. The molecule has 126 valence electrons. The fraction of sp³-hybridized carbons (Fsp3) is 0.529. The molecule has 1 aromatic rings. The minimum atomic E-state index is -0.644. The molecule has 1 fully saturated rings. The van der Waals surface area contributed by atoms with Gasteiger partial charge >= 0.3 is 6.09 Å². The third kappa shape index (κ3) is 4.45. The van der Waals surface area contributed by atoms with Gasteiger partial charge in [-0.15, -0.1) is 0 Å². The summed E-state index contributed by atoms with van der Waals surface area (Å²) >= 11 is 0. The molecule has 1 saturated heterocycles. The van der Waals surface area contributed by atoms with E-state index in [-0.39, 0.29) is 18.6 Å². The van der Waals surface area contributed by atoms with E-state index < -0.39 is 18.0 Å². The Morgan fingerprint density at radius 1 is 1.35 bits per heavy atom. The Morgan fingerprint density at radius 2 is 2.04 bits per heavy atom. The number of rotatable bonds is 5. The quantitative estimate of drug-likeness (QED) is 0.861. The lowest BCUT2D eigenvalue weighted by Crippen LogP contribution is -2.54. The van der Waals surface area contributed by atoms with Gasteiger partial charge in [-0.3, -0.25) is 9.69 Å². The number of hydrogen-bond donors (Lipinski definition) is 2. The monoisotopic (exact) mass is 319 g/mol. The summed E-state index contributed by atoms with van der Waals surface area (Å²) < 4.78 is 5.32. The van der Waals surface area contributed by atoms with Crippen LogP contribution in [0, 0.1) is 5.92 Å². The van der Waals surface area contributed by atoms with E-state index in [1.807, 2.05) is 37.3 Å². The second-order valence-electron chi connectivity index (χ2n) is 6.01. The van der Waals surface area contributed by atoms with Crippen LogP contribution in [0.5, 0.6) is 0 Å². The molecule has 6 nitrogen and oxygen atoms in total. The Kier molecular flexibility index (Phi) is 5.98. The van der Waals surface area contributed by atoms with Gasteiger partial charge < -0.3 is 16.2 Å². The number of nitrogens with zero attached hydrogens (tertiary/aromatic N) is 1. The molecule has 1 aliphatic rings. The minimum absolute atomic E-state index is 0.0272. The van der Waals surface area contributed by atoms with Gasteiger partial charge in [0.25, 0.3) is 0 Å². The number of carbonyl (C=O) groups is 2. The third-order valence-corrected chi connectivity index (χ3v) is 4.49. The van der Waals surface area contributed by atoms with Gasteiger partial charge in [0.2, 0.25) is 5.91 Å². The van der Waals surface area contributed by atoms with Gasteiger partial charge in [0.1, 0.15) is 12.6 Å². The standard InChI is InChI=1S/C17H25N3O3/c1-2-14(18)13-8-9-20(15(10-13)16(19)21)17(22)23-11-12-6-4-3-5-7-12/h3-7,13-15H,2,8-11,18H2,1H3,(H2,19,21). The van der Waals surface area contributed by atoms with Crippen molar-refractivity contribution in [1.82, 2.24) is 4.90 Å². The van der Waals surface area contributed by atoms with Crippen LogP contribution in [0.2, 0.25) is 0 Å². The van der Waals surface area contributed by atoms with Crippen molar-refractivity contribution in [2.24, 2.45) is 17.4 Å². The Balaban J connectivity index is 1.97. The van der Waals surface area contributed by atoms with Crippen molar-refractivity contribution >= 4 is 12.0 Å². The van der Waals surface area contributed by atoms with Crippen molar-refractivity contribution in [2.75, 3.05) is 6.54 Å². The van der Waals surface area contributed by atoms with Gasteiger partial charge in [-0.1, -0.05) is 37.3 Å². The second-order valence-corrected chi connectivity index (χ2v) is 6.01. The summed E-state index contributed by atoms with van der Waals surface area (Å²) in [6, 6.07) is 8.81. The number of hydrogen-bond acceptors (Lipinski definition) is 4. The maximum Gasteiger partial charge on any atom is 0.410 e. The van der Waals surface area contributed by atoms with Crippen LogP contribution in [0.3, 0.4) is 0 Å². The minimum Gasteiger partial charge on any atom is -0.445 e. The van der Waals surface area contributed by atoms with Gasteiger partial charge in [-0.2, -0.15) is 0 Å². The zero-order valence-electron chi connectivity index (χ0n) is 13.5. The number of benzene rings is 1. The van der Waals surface area contributed by atoms with Crippen molar-refractivity contribution in [3.8, 4) is 0 Å². The molecule has 3 atom stereocenters. The number of amides is 2. The number of ether oxygens (including phenoxy) is 1.